The Bertz CT molecular complexity index is 1840. The molecule has 1 amide bonds. The highest BCUT2D eigenvalue weighted by atomic mass is 35.5. The Morgan fingerprint density at radius 3 is 2.38 bits per heavy atom. The molecule has 3 aromatic carbocycles. The van der Waals surface area contributed by atoms with Gasteiger partial charge < -0.3 is 15.0 Å². The Balaban J connectivity index is 0.00000464. The number of ether oxygens (including phenoxy) is 1. The van der Waals surface area contributed by atoms with E-state index in [1.807, 2.05) is 12.1 Å². The first kappa shape index (κ1) is 38.0. The van der Waals surface area contributed by atoms with E-state index in [-0.39, 0.29) is 34.2 Å². The van der Waals surface area contributed by atoms with Gasteiger partial charge in [0.1, 0.15) is 5.69 Å². The highest BCUT2D eigenvalue weighted by molar-refractivity contribution is 7.90. The van der Waals surface area contributed by atoms with Crippen LogP contribution in [0.25, 0.3) is 0 Å². The van der Waals surface area contributed by atoms with Crippen LogP contribution in [0.4, 0.5) is 17.1 Å². The van der Waals surface area contributed by atoms with Crippen molar-refractivity contribution in [2.75, 3.05) is 49.6 Å². The molecule has 1 aliphatic carbocycles. The number of amides is 1. The second kappa shape index (κ2) is 16.1. The molecule has 7 rings (SSSR count). The van der Waals surface area contributed by atoms with Gasteiger partial charge in [0, 0.05) is 62.2 Å². The fourth-order valence-electron chi connectivity index (χ4n) is 8.81. The maximum Gasteiger partial charge on any atom is 0.293 e. The summed E-state index contributed by atoms with van der Waals surface area (Å²) in [5, 5.41) is 14.9. The number of halogens is 1. The number of likely N-dealkylation sites (tertiary alicyclic amines) is 1. The number of nitrogens with one attached hydrogen (secondary N) is 2. The molecule has 3 saturated heterocycles. The summed E-state index contributed by atoms with van der Waals surface area (Å²) >= 11 is 0. The number of hydrogen-bond donors (Lipinski definition) is 2. The van der Waals surface area contributed by atoms with Crippen molar-refractivity contribution in [3.63, 3.8) is 0 Å². The number of hydrogen-bond acceptors (Lipinski definition) is 9. The van der Waals surface area contributed by atoms with Gasteiger partial charge in [-0.15, -0.1) is 12.4 Å². The second-order valence-corrected chi connectivity index (χ2v) is 16.5. The van der Waals surface area contributed by atoms with E-state index in [0.29, 0.717) is 43.2 Å². The van der Waals surface area contributed by atoms with Crippen LogP contribution in [0.15, 0.2) is 71.6 Å². The van der Waals surface area contributed by atoms with E-state index in [0.717, 1.165) is 56.9 Å². The molecule has 11 nitrogen and oxygen atoms in total. The summed E-state index contributed by atoms with van der Waals surface area (Å²) in [6.07, 6.45) is 10.1. The van der Waals surface area contributed by atoms with Gasteiger partial charge in [0.25, 0.3) is 21.6 Å². The number of aryl methyl sites for hydroxylation is 1. The van der Waals surface area contributed by atoms with Gasteiger partial charge in [-0.25, -0.2) is 13.1 Å². The van der Waals surface area contributed by atoms with Gasteiger partial charge in [-0.3, -0.25) is 19.8 Å². The average molecular weight is 752 g/mol. The van der Waals surface area contributed by atoms with Crippen LogP contribution in [0, 0.1) is 21.4 Å². The summed E-state index contributed by atoms with van der Waals surface area (Å²) in [6, 6.07) is 20.8. The molecule has 0 bridgehead atoms. The van der Waals surface area contributed by atoms with Gasteiger partial charge >= 0.3 is 0 Å². The van der Waals surface area contributed by atoms with Crippen molar-refractivity contribution in [1.29, 1.82) is 0 Å². The number of carbonyl (C=O) groups is 1. The molecule has 52 heavy (non-hydrogen) atoms. The maximum atomic E-state index is 13.1. The third kappa shape index (κ3) is 8.10. The number of nitro benzene ring substituents is 1. The number of anilines is 2. The Labute approximate surface area is 313 Å². The van der Waals surface area contributed by atoms with E-state index in [1.54, 1.807) is 12.1 Å². The van der Waals surface area contributed by atoms with Crippen molar-refractivity contribution in [2.24, 2.45) is 11.3 Å². The minimum Gasteiger partial charge on any atom is -0.381 e. The summed E-state index contributed by atoms with van der Waals surface area (Å²) in [6.45, 7) is 7.18. The van der Waals surface area contributed by atoms with Crippen molar-refractivity contribution in [3.05, 3.63) is 93.5 Å². The number of piperidine rings is 1. The van der Waals surface area contributed by atoms with E-state index >= 15 is 0 Å². The Hall–Kier alpha value is -3.71. The van der Waals surface area contributed by atoms with Gasteiger partial charge in [0.2, 0.25) is 0 Å². The molecular formula is C39H50ClN5O6S. The molecule has 0 radical (unpaired) electrons. The lowest BCUT2D eigenvalue weighted by molar-refractivity contribution is -0.384. The van der Waals surface area contributed by atoms with Crippen molar-refractivity contribution in [3.8, 4) is 0 Å². The van der Waals surface area contributed by atoms with E-state index < -0.39 is 20.9 Å². The molecule has 13 heteroatoms. The van der Waals surface area contributed by atoms with E-state index in [9.17, 15) is 23.3 Å². The normalized spacial score (nSPS) is 20.9. The maximum absolute atomic E-state index is 13.1. The number of nitrogens with zero attached hydrogens (tertiary/aromatic N) is 3. The van der Waals surface area contributed by atoms with Crippen molar-refractivity contribution < 1.29 is 22.9 Å². The highest BCUT2D eigenvalue weighted by Crippen LogP contribution is 2.54. The van der Waals surface area contributed by atoms with Gasteiger partial charge in [-0.1, -0.05) is 31.2 Å². The molecule has 4 fully saturated rings. The lowest BCUT2D eigenvalue weighted by Crippen LogP contribution is -2.54. The van der Waals surface area contributed by atoms with Crippen LogP contribution in [0.2, 0.25) is 0 Å². The molecule has 1 saturated carbocycles. The molecule has 1 spiro atoms. The summed E-state index contributed by atoms with van der Waals surface area (Å²) < 4.78 is 33.7. The first-order valence-corrected chi connectivity index (χ1v) is 20.0. The Morgan fingerprint density at radius 1 is 0.981 bits per heavy atom. The molecule has 0 aromatic heterocycles. The first-order chi connectivity index (χ1) is 24.6. The summed E-state index contributed by atoms with van der Waals surface area (Å²) in [5.41, 5.74) is 4.49. The third-order valence-electron chi connectivity index (χ3n) is 11.8. The topological polar surface area (TPSA) is 134 Å². The molecule has 0 unspecified atom stereocenters. The van der Waals surface area contributed by atoms with Crippen LogP contribution in [0.5, 0.6) is 0 Å². The number of benzene rings is 3. The number of nitro groups is 1. The zero-order valence-corrected chi connectivity index (χ0v) is 31.4. The lowest BCUT2D eigenvalue weighted by Gasteiger charge is -2.56. The van der Waals surface area contributed by atoms with Crippen LogP contribution >= 0.6 is 12.4 Å². The number of carbonyl (C=O) groups excluding carboxylic acids is 1. The molecular weight excluding hydrogens is 702 g/mol. The van der Waals surface area contributed by atoms with Crippen LogP contribution in [0.3, 0.4) is 0 Å². The molecule has 280 valence electrons. The average Bonchev–Trinajstić information content (AvgIpc) is 3.62. The van der Waals surface area contributed by atoms with Gasteiger partial charge in [0.15, 0.2) is 0 Å². The molecule has 2 N–H and O–H groups in total. The van der Waals surface area contributed by atoms with E-state index in [1.165, 1.54) is 55.5 Å². The smallest absolute Gasteiger partial charge is 0.293 e. The zero-order valence-electron chi connectivity index (χ0n) is 29.8. The standard InChI is InChI=1S/C39H49N5O6S.ClH/c1-2-29-6-3-4-7-34(29)36-8-5-19-43(36)32-25-39(26-32)17-20-42(21-18-39)31-11-9-30(10-12-31)38(45)41-51(48,49)33-13-14-35(37(24-33)44(46)47)40-27-28-15-22-50-23-16-28;/h3-4,6-7,9-14,24,28,32,36,40H,2,5,8,15-23,25-27H2,1H3,(H,41,45);1H/t36-;/m0./s1. The Morgan fingerprint density at radius 2 is 1.69 bits per heavy atom. The molecule has 3 aromatic rings. The van der Waals surface area contributed by atoms with Crippen LogP contribution in [0.1, 0.15) is 85.8 Å². The predicted octanol–water partition coefficient (Wildman–Crippen LogP) is 7.12. The van der Waals surface area contributed by atoms with E-state index in [4.69, 9.17) is 4.74 Å². The van der Waals surface area contributed by atoms with Crippen LogP contribution < -0.4 is 14.9 Å². The van der Waals surface area contributed by atoms with Gasteiger partial charge in [-0.05, 0) is 123 Å². The second-order valence-electron chi connectivity index (χ2n) is 14.9. The summed E-state index contributed by atoms with van der Waals surface area (Å²) in [5.74, 6) is -0.469. The minimum atomic E-state index is -4.35. The molecule has 1 atom stereocenters. The van der Waals surface area contributed by atoms with Gasteiger partial charge in [-0.2, -0.15) is 0 Å². The number of sulfonamides is 1. The highest BCUT2D eigenvalue weighted by Gasteiger charge is 2.50. The monoisotopic (exact) mass is 751 g/mol. The largest absolute Gasteiger partial charge is 0.381 e. The van der Waals surface area contributed by atoms with Crippen molar-refractivity contribution >= 4 is 45.4 Å². The number of rotatable bonds is 11. The third-order valence-corrected chi connectivity index (χ3v) is 13.2. The first-order valence-electron chi connectivity index (χ1n) is 18.5. The Kier molecular flexibility index (Phi) is 11.8. The summed E-state index contributed by atoms with van der Waals surface area (Å²) in [7, 11) is -4.35. The zero-order chi connectivity index (χ0) is 35.6. The fourth-order valence-corrected chi connectivity index (χ4v) is 9.80. The molecule has 3 aliphatic heterocycles. The lowest BCUT2D eigenvalue weighted by atomic mass is 9.59. The van der Waals surface area contributed by atoms with Crippen LogP contribution in [-0.2, 0) is 21.2 Å². The van der Waals surface area contributed by atoms with Crippen molar-refractivity contribution in [1.82, 2.24) is 9.62 Å². The fraction of sp³-hybridized carbons (Fsp3) is 0.513. The summed E-state index contributed by atoms with van der Waals surface area (Å²) in [4.78, 5) is 29.0. The minimum absolute atomic E-state index is 0. The SMILES string of the molecule is CCc1ccccc1[C@@H]1CCCN1C1CC2(CCN(c3ccc(C(=O)NS(=O)(=O)c4ccc(NCC5CCOCC5)c([N+](=O)[O-])c4)cc3)CC2)C1.Cl. The quantitative estimate of drug-likeness (QED) is 0.155. The van der Waals surface area contributed by atoms with Crippen molar-refractivity contribution in [2.45, 2.75) is 81.7 Å². The van der Waals surface area contributed by atoms with Crippen LogP contribution in [-0.4, -0.2) is 69.6 Å². The molecule has 4 aliphatic rings. The van der Waals surface area contributed by atoms with Gasteiger partial charge in [0.05, 0.1) is 9.82 Å². The predicted molar refractivity (Wildman–Crippen MR) is 205 cm³/mol. The van der Waals surface area contributed by atoms with E-state index in [2.05, 4.69) is 51.0 Å². The molecule has 3 heterocycles.